The van der Waals surface area contributed by atoms with Crippen molar-refractivity contribution in [3.8, 4) is 0 Å². The van der Waals surface area contributed by atoms with Gasteiger partial charge >= 0.3 is 0 Å². The maximum Gasteiger partial charge on any atom is 0.222 e. The Morgan fingerprint density at radius 2 is 2.25 bits per heavy atom. The predicted molar refractivity (Wildman–Crippen MR) is 82.3 cm³/mol. The minimum absolute atomic E-state index is 0.324. The maximum absolute atomic E-state index is 11.7. The number of nitrogens with zero attached hydrogens (tertiary/aromatic N) is 2. The van der Waals surface area contributed by atoms with Crippen LogP contribution < -0.4 is 5.73 Å². The highest BCUT2D eigenvalue weighted by Crippen LogP contribution is 2.23. The average molecular weight is 289 g/mol. The fraction of sp³-hybridized carbons (Fsp3) is 0.467. The van der Waals surface area contributed by atoms with E-state index in [0.717, 1.165) is 44.6 Å². The van der Waals surface area contributed by atoms with Crippen LogP contribution in [0.15, 0.2) is 24.3 Å². The Morgan fingerprint density at radius 1 is 1.40 bits per heavy atom. The molecular formula is C15H19N3OS. The van der Waals surface area contributed by atoms with E-state index in [4.69, 9.17) is 18.0 Å². The second-order valence-corrected chi connectivity index (χ2v) is 6.02. The summed E-state index contributed by atoms with van der Waals surface area (Å²) in [6, 6.07) is 8.52. The van der Waals surface area contributed by atoms with Crippen LogP contribution in [0.2, 0.25) is 0 Å². The van der Waals surface area contributed by atoms with E-state index in [9.17, 15) is 4.79 Å². The van der Waals surface area contributed by atoms with Crippen LogP contribution in [0.3, 0.4) is 0 Å². The molecule has 2 fully saturated rings. The lowest BCUT2D eigenvalue weighted by Gasteiger charge is -2.37. The maximum atomic E-state index is 11.7. The van der Waals surface area contributed by atoms with Gasteiger partial charge in [-0.1, -0.05) is 30.4 Å². The molecule has 20 heavy (non-hydrogen) atoms. The second-order valence-electron chi connectivity index (χ2n) is 5.58. The summed E-state index contributed by atoms with van der Waals surface area (Å²) in [6.45, 7) is 3.68. The number of hydrogen-bond donors (Lipinski definition) is 1. The molecule has 0 aromatic heterocycles. The Bertz CT molecular complexity index is 546. The third-order valence-corrected chi connectivity index (χ3v) is 4.43. The number of benzene rings is 1. The minimum Gasteiger partial charge on any atom is -0.389 e. The van der Waals surface area contributed by atoms with Gasteiger partial charge in [-0.2, -0.15) is 0 Å². The summed E-state index contributed by atoms with van der Waals surface area (Å²) in [6.07, 6.45) is 1.72. The Morgan fingerprint density at radius 3 is 3.05 bits per heavy atom. The first-order chi connectivity index (χ1) is 9.63. The van der Waals surface area contributed by atoms with Crippen molar-refractivity contribution >= 4 is 23.1 Å². The summed E-state index contributed by atoms with van der Waals surface area (Å²) in [4.78, 5) is 16.6. The first-order valence-electron chi connectivity index (χ1n) is 7.04. The number of carbonyl (C=O) groups is 1. The zero-order chi connectivity index (χ0) is 14.1. The van der Waals surface area contributed by atoms with E-state index in [1.54, 1.807) is 0 Å². The van der Waals surface area contributed by atoms with Crippen molar-refractivity contribution in [3.63, 3.8) is 0 Å². The van der Waals surface area contributed by atoms with Crippen LogP contribution in [0.1, 0.15) is 24.0 Å². The average Bonchev–Trinajstić information content (AvgIpc) is 2.80. The van der Waals surface area contributed by atoms with Crippen LogP contribution in [0.25, 0.3) is 0 Å². The monoisotopic (exact) mass is 289 g/mol. The fourth-order valence-electron chi connectivity index (χ4n) is 3.15. The molecule has 106 valence electrons. The number of thiocarbonyl (C=S) groups is 1. The first-order valence-corrected chi connectivity index (χ1v) is 7.45. The molecule has 1 amide bonds. The Balaban J connectivity index is 1.65. The lowest BCUT2D eigenvalue weighted by atomic mass is 10.1. The van der Waals surface area contributed by atoms with Gasteiger partial charge in [0.25, 0.3) is 0 Å². The molecule has 2 saturated heterocycles. The van der Waals surface area contributed by atoms with Crippen molar-refractivity contribution < 1.29 is 4.79 Å². The molecule has 0 saturated carbocycles. The molecule has 0 bridgehead atoms. The second kappa shape index (κ2) is 5.50. The van der Waals surface area contributed by atoms with Crippen molar-refractivity contribution in [2.45, 2.75) is 25.4 Å². The molecule has 5 heteroatoms. The van der Waals surface area contributed by atoms with Gasteiger partial charge in [-0.25, -0.2) is 0 Å². The summed E-state index contributed by atoms with van der Waals surface area (Å²) >= 11 is 5.02. The molecule has 2 aliphatic heterocycles. The van der Waals surface area contributed by atoms with E-state index in [2.05, 4.69) is 17.0 Å². The summed E-state index contributed by atoms with van der Waals surface area (Å²) in [7, 11) is 0. The molecular weight excluding hydrogens is 270 g/mol. The molecule has 3 rings (SSSR count). The standard InChI is InChI=1S/C15H19N3OS/c16-15(20)12-3-1-2-11(8-12)9-17-6-7-18-13(10-17)4-5-14(18)19/h1-3,8,13H,4-7,9-10H2,(H2,16,20). The largest absolute Gasteiger partial charge is 0.389 e. The third-order valence-electron chi connectivity index (χ3n) is 4.20. The van der Waals surface area contributed by atoms with Crippen LogP contribution >= 0.6 is 12.2 Å². The summed E-state index contributed by atoms with van der Waals surface area (Å²) in [5.74, 6) is 0.324. The molecule has 2 aliphatic rings. The molecule has 1 unspecified atom stereocenters. The number of piperazine rings is 1. The molecule has 0 radical (unpaired) electrons. The van der Waals surface area contributed by atoms with Crippen LogP contribution in [0.5, 0.6) is 0 Å². The van der Waals surface area contributed by atoms with Gasteiger partial charge in [0.1, 0.15) is 4.99 Å². The van der Waals surface area contributed by atoms with Crippen molar-refractivity contribution in [1.82, 2.24) is 9.80 Å². The third kappa shape index (κ3) is 2.69. The van der Waals surface area contributed by atoms with Gasteiger partial charge in [-0.15, -0.1) is 0 Å². The SMILES string of the molecule is NC(=S)c1cccc(CN2CCN3C(=O)CCC3C2)c1. The van der Waals surface area contributed by atoms with E-state index < -0.39 is 0 Å². The molecule has 0 spiro atoms. The van der Waals surface area contributed by atoms with Gasteiger partial charge < -0.3 is 10.6 Å². The molecule has 1 aromatic carbocycles. The molecule has 1 aromatic rings. The van der Waals surface area contributed by atoms with E-state index in [1.807, 2.05) is 17.0 Å². The smallest absolute Gasteiger partial charge is 0.222 e. The Labute approximate surface area is 124 Å². The van der Waals surface area contributed by atoms with Crippen LogP contribution in [-0.4, -0.2) is 46.4 Å². The normalized spacial score (nSPS) is 22.9. The molecule has 1 atom stereocenters. The zero-order valence-corrected chi connectivity index (χ0v) is 12.2. The molecule has 2 N–H and O–H groups in total. The van der Waals surface area contributed by atoms with Gasteiger partial charge in [0, 0.05) is 44.2 Å². The fourth-order valence-corrected chi connectivity index (χ4v) is 3.28. The van der Waals surface area contributed by atoms with E-state index >= 15 is 0 Å². The lowest BCUT2D eigenvalue weighted by molar-refractivity contribution is -0.130. The number of amides is 1. The van der Waals surface area contributed by atoms with E-state index in [1.165, 1.54) is 5.56 Å². The lowest BCUT2D eigenvalue weighted by Crippen LogP contribution is -2.50. The Kier molecular flexibility index (Phi) is 3.72. The molecule has 0 aliphatic carbocycles. The van der Waals surface area contributed by atoms with E-state index in [-0.39, 0.29) is 0 Å². The van der Waals surface area contributed by atoms with Gasteiger partial charge in [0.05, 0.1) is 0 Å². The number of rotatable bonds is 3. The quantitative estimate of drug-likeness (QED) is 0.848. The van der Waals surface area contributed by atoms with Crippen molar-refractivity contribution in [3.05, 3.63) is 35.4 Å². The van der Waals surface area contributed by atoms with E-state index in [0.29, 0.717) is 16.9 Å². The van der Waals surface area contributed by atoms with Crippen LogP contribution in [0, 0.1) is 0 Å². The molecule has 4 nitrogen and oxygen atoms in total. The number of hydrogen-bond acceptors (Lipinski definition) is 3. The van der Waals surface area contributed by atoms with Crippen LogP contribution in [0.4, 0.5) is 0 Å². The predicted octanol–water partition coefficient (Wildman–Crippen LogP) is 1.13. The van der Waals surface area contributed by atoms with Crippen molar-refractivity contribution in [1.29, 1.82) is 0 Å². The van der Waals surface area contributed by atoms with Gasteiger partial charge in [0.2, 0.25) is 5.91 Å². The summed E-state index contributed by atoms with van der Waals surface area (Å²) in [5.41, 5.74) is 7.83. The Hall–Kier alpha value is -1.46. The molecule has 2 heterocycles. The highest BCUT2D eigenvalue weighted by Gasteiger charge is 2.35. The van der Waals surface area contributed by atoms with Gasteiger partial charge in [-0.3, -0.25) is 9.69 Å². The van der Waals surface area contributed by atoms with Gasteiger partial charge in [0.15, 0.2) is 0 Å². The van der Waals surface area contributed by atoms with Crippen LogP contribution in [-0.2, 0) is 11.3 Å². The highest BCUT2D eigenvalue weighted by atomic mass is 32.1. The highest BCUT2D eigenvalue weighted by molar-refractivity contribution is 7.80. The van der Waals surface area contributed by atoms with Gasteiger partial charge in [-0.05, 0) is 18.1 Å². The minimum atomic E-state index is 0.324. The first kappa shape index (κ1) is 13.5. The number of carbonyl (C=O) groups excluding carboxylic acids is 1. The topological polar surface area (TPSA) is 49.6 Å². The summed E-state index contributed by atoms with van der Waals surface area (Å²) in [5, 5.41) is 0. The summed E-state index contributed by atoms with van der Waals surface area (Å²) < 4.78 is 0. The number of nitrogens with two attached hydrogens (primary N) is 1. The van der Waals surface area contributed by atoms with Crippen molar-refractivity contribution in [2.75, 3.05) is 19.6 Å². The zero-order valence-electron chi connectivity index (χ0n) is 11.4. The van der Waals surface area contributed by atoms with Crippen molar-refractivity contribution in [2.24, 2.45) is 5.73 Å². The number of fused-ring (bicyclic) bond motifs is 1.